The largest absolute Gasteiger partial charge is 0.337 e. The van der Waals surface area contributed by atoms with Gasteiger partial charge in [0.25, 0.3) is 0 Å². The van der Waals surface area contributed by atoms with E-state index in [1.165, 1.54) is 5.56 Å². The summed E-state index contributed by atoms with van der Waals surface area (Å²) in [6, 6.07) is 23.8. The van der Waals surface area contributed by atoms with E-state index in [9.17, 15) is 0 Å². The minimum Gasteiger partial charge on any atom is -0.337 e. The zero-order valence-electron chi connectivity index (χ0n) is 14.1. The van der Waals surface area contributed by atoms with Gasteiger partial charge in [0.1, 0.15) is 5.82 Å². The van der Waals surface area contributed by atoms with Crippen LogP contribution in [0.4, 0.5) is 0 Å². The highest BCUT2D eigenvalue weighted by molar-refractivity contribution is 6.31. The van der Waals surface area contributed by atoms with Crippen LogP contribution in [0, 0.1) is 6.92 Å². The Morgan fingerprint density at radius 1 is 0.654 bits per heavy atom. The first kappa shape index (κ1) is 16.9. The Labute approximate surface area is 162 Å². The van der Waals surface area contributed by atoms with Gasteiger partial charge >= 0.3 is 0 Å². The number of nitrogens with one attached hydrogen (secondary N) is 1. The van der Waals surface area contributed by atoms with Crippen molar-refractivity contribution in [2.24, 2.45) is 0 Å². The predicted octanol–water partition coefficient (Wildman–Crippen LogP) is 7.03. The molecule has 0 aliphatic rings. The highest BCUT2D eigenvalue weighted by Gasteiger charge is 2.15. The SMILES string of the molecule is Cc1ccc(-c2nc(-c3ccc(Cl)cc3)c(-c3ccc(Cl)cc3)[nH]2)cc1. The van der Waals surface area contributed by atoms with E-state index in [2.05, 4.69) is 36.2 Å². The van der Waals surface area contributed by atoms with E-state index in [-0.39, 0.29) is 0 Å². The standard InChI is InChI=1S/C22H16Cl2N2/c1-14-2-4-17(5-3-14)22-25-20(15-6-10-18(23)11-7-15)21(26-22)16-8-12-19(24)13-9-16/h2-13H,1H3,(H,25,26). The first-order chi connectivity index (χ1) is 12.6. The number of aromatic amines is 1. The Balaban J connectivity index is 1.88. The second kappa shape index (κ2) is 6.99. The molecule has 1 heterocycles. The fourth-order valence-corrected chi connectivity index (χ4v) is 3.12. The summed E-state index contributed by atoms with van der Waals surface area (Å²) in [5, 5.41) is 1.41. The van der Waals surface area contributed by atoms with Crippen molar-refractivity contribution in [2.75, 3.05) is 0 Å². The molecule has 4 heteroatoms. The molecule has 0 amide bonds. The molecule has 26 heavy (non-hydrogen) atoms. The molecule has 4 aromatic rings. The van der Waals surface area contributed by atoms with Gasteiger partial charge in [0.2, 0.25) is 0 Å². The summed E-state index contributed by atoms with van der Waals surface area (Å²) in [5.41, 5.74) is 6.15. The maximum absolute atomic E-state index is 6.05. The topological polar surface area (TPSA) is 28.7 Å². The highest BCUT2D eigenvalue weighted by atomic mass is 35.5. The second-order valence-electron chi connectivity index (χ2n) is 6.19. The number of halogens is 2. The van der Waals surface area contributed by atoms with Crippen LogP contribution in [0.3, 0.4) is 0 Å². The third kappa shape index (κ3) is 3.39. The number of H-pyrrole nitrogens is 1. The van der Waals surface area contributed by atoms with Gasteiger partial charge in [0, 0.05) is 26.7 Å². The normalized spacial score (nSPS) is 10.9. The molecule has 3 aromatic carbocycles. The molecule has 2 nitrogen and oxygen atoms in total. The quantitative estimate of drug-likeness (QED) is 0.407. The van der Waals surface area contributed by atoms with E-state index in [4.69, 9.17) is 28.2 Å². The maximum Gasteiger partial charge on any atom is 0.138 e. The number of rotatable bonds is 3. The minimum absolute atomic E-state index is 0.705. The van der Waals surface area contributed by atoms with Gasteiger partial charge in [-0.1, -0.05) is 77.3 Å². The lowest BCUT2D eigenvalue weighted by molar-refractivity contribution is 1.30. The summed E-state index contributed by atoms with van der Waals surface area (Å²) in [5.74, 6) is 0.833. The molecule has 1 aromatic heterocycles. The smallest absolute Gasteiger partial charge is 0.138 e. The molecule has 1 N–H and O–H groups in total. The van der Waals surface area contributed by atoms with E-state index in [1.54, 1.807) is 0 Å². The van der Waals surface area contributed by atoms with Gasteiger partial charge in [-0.25, -0.2) is 4.98 Å². The lowest BCUT2D eigenvalue weighted by Crippen LogP contribution is -1.83. The first-order valence-electron chi connectivity index (χ1n) is 8.29. The van der Waals surface area contributed by atoms with E-state index < -0.39 is 0 Å². The van der Waals surface area contributed by atoms with Crippen molar-refractivity contribution < 1.29 is 0 Å². The Hall–Kier alpha value is -2.55. The van der Waals surface area contributed by atoms with E-state index in [0.717, 1.165) is 33.9 Å². The molecular formula is C22H16Cl2N2. The van der Waals surface area contributed by atoms with Gasteiger partial charge in [-0.2, -0.15) is 0 Å². The molecule has 0 saturated carbocycles. The Morgan fingerprint density at radius 2 is 1.15 bits per heavy atom. The van der Waals surface area contributed by atoms with E-state index in [1.807, 2.05) is 48.5 Å². The molecule has 0 aliphatic carbocycles. The molecule has 0 unspecified atom stereocenters. The van der Waals surface area contributed by atoms with E-state index >= 15 is 0 Å². The lowest BCUT2D eigenvalue weighted by Gasteiger charge is -2.03. The van der Waals surface area contributed by atoms with Gasteiger partial charge in [-0.15, -0.1) is 0 Å². The highest BCUT2D eigenvalue weighted by Crippen LogP contribution is 2.34. The third-order valence-electron chi connectivity index (χ3n) is 4.28. The summed E-state index contributed by atoms with van der Waals surface area (Å²) in [6.45, 7) is 2.07. The summed E-state index contributed by atoms with van der Waals surface area (Å²) < 4.78 is 0. The number of aromatic nitrogens is 2. The third-order valence-corrected chi connectivity index (χ3v) is 4.78. The van der Waals surface area contributed by atoms with Crippen LogP contribution in [0.25, 0.3) is 33.9 Å². The van der Waals surface area contributed by atoms with Crippen LogP contribution >= 0.6 is 23.2 Å². The molecule has 0 bridgehead atoms. The van der Waals surface area contributed by atoms with E-state index in [0.29, 0.717) is 10.0 Å². The number of aryl methyl sites for hydroxylation is 1. The molecule has 0 atom stereocenters. The van der Waals surface area contributed by atoms with Crippen molar-refractivity contribution >= 4 is 23.2 Å². The number of nitrogens with zero attached hydrogens (tertiary/aromatic N) is 1. The number of imidazole rings is 1. The van der Waals surface area contributed by atoms with Crippen LogP contribution < -0.4 is 0 Å². The van der Waals surface area contributed by atoms with Crippen molar-refractivity contribution in [3.63, 3.8) is 0 Å². The van der Waals surface area contributed by atoms with Crippen LogP contribution in [0.1, 0.15) is 5.56 Å². The fraction of sp³-hybridized carbons (Fsp3) is 0.0455. The van der Waals surface area contributed by atoms with Gasteiger partial charge in [0.05, 0.1) is 11.4 Å². The van der Waals surface area contributed by atoms with Gasteiger partial charge < -0.3 is 4.98 Å². The summed E-state index contributed by atoms with van der Waals surface area (Å²) in [6.07, 6.45) is 0. The molecule has 0 radical (unpaired) electrons. The lowest BCUT2D eigenvalue weighted by atomic mass is 10.1. The molecule has 0 fully saturated rings. The molecule has 128 valence electrons. The van der Waals surface area contributed by atoms with Crippen LogP contribution in [0.5, 0.6) is 0 Å². The molecule has 0 aliphatic heterocycles. The minimum atomic E-state index is 0.705. The van der Waals surface area contributed by atoms with Gasteiger partial charge in [-0.05, 0) is 31.2 Å². The van der Waals surface area contributed by atoms with Crippen LogP contribution in [0.2, 0.25) is 10.0 Å². The number of hydrogen-bond acceptors (Lipinski definition) is 1. The van der Waals surface area contributed by atoms with Crippen LogP contribution in [0.15, 0.2) is 72.8 Å². The average Bonchev–Trinajstić information content (AvgIpc) is 3.09. The molecule has 0 spiro atoms. The van der Waals surface area contributed by atoms with Gasteiger partial charge in [0.15, 0.2) is 0 Å². The number of benzene rings is 3. The summed E-state index contributed by atoms with van der Waals surface area (Å²) in [4.78, 5) is 8.36. The number of hydrogen-bond donors (Lipinski definition) is 1. The van der Waals surface area contributed by atoms with Crippen molar-refractivity contribution in [2.45, 2.75) is 6.92 Å². The Bertz CT molecular complexity index is 968. The Morgan fingerprint density at radius 3 is 1.73 bits per heavy atom. The summed E-state index contributed by atoms with van der Waals surface area (Å²) >= 11 is 12.1. The van der Waals surface area contributed by atoms with Gasteiger partial charge in [-0.3, -0.25) is 0 Å². The molecule has 0 saturated heterocycles. The monoisotopic (exact) mass is 378 g/mol. The predicted molar refractivity (Wildman–Crippen MR) is 110 cm³/mol. The fourth-order valence-electron chi connectivity index (χ4n) is 2.86. The van der Waals surface area contributed by atoms with Crippen molar-refractivity contribution in [1.82, 2.24) is 9.97 Å². The van der Waals surface area contributed by atoms with Crippen molar-refractivity contribution in [1.29, 1.82) is 0 Å². The molecule has 4 rings (SSSR count). The van der Waals surface area contributed by atoms with Crippen molar-refractivity contribution in [3.05, 3.63) is 88.4 Å². The van der Waals surface area contributed by atoms with Crippen LogP contribution in [-0.4, -0.2) is 9.97 Å². The zero-order chi connectivity index (χ0) is 18.1. The van der Waals surface area contributed by atoms with Crippen LogP contribution in [-0.2, 0) is 0 Å². The zero-order valence-corrected chi connectivity index (χ0v) is 15.6. The molecular weight excluding hydrogens is 363 g/mol. The maximum atomic E-state index is 6.05. The average molecular weight is 379 g/mol. The summed E-state index contributed by atoms with van der Waals surface area (Å²) in [7, 11) is 0. The first-order valence-corrected chi connectivity index (χ1v) is 9.05. The Kier molecular flexibility index (Phi) is 4.54. The van der Waals surface area contributed by atoms with Crippen molar-refractivity contribution in [3.8, 4) is 33.9 Å². The second-order valence-corrected chi connectivity index (χ2v) is 7.06.